The zero-order chi connectivity index (χ0) is 14.5. The Balaban J connectivity index is 1.97. The number of ether oxygens (including phenoxy) is 1. The van der Waals surface area contributed by atoms with Crippen LogP contribution in [0.4, 0.5) is 0 Å². The van der Waals surface area contributed by atoms with Crippen LogP contribution in [0.3, 0.4) is 0 Å². The minimum absolute atomic E-state index is 0.164. The molecule has 2 rings (SSSR count). The quantitative estimate of drug-likeness (QED) is 0.845. The molecule has 2 aromatic rings. The Bertz CT molecular complexity index is 594. The normalized spacial score (nSPS) is 12.2. The van der Waals surface area contributed by atoms with Crippen LogP contribution in [-0.2, 0) is 11.3 Å². The molecule has 5 heteroatoms. The molecule has 1 N–H and O–H groups in total. The van der Waals surface area contributed by atoms with E-state index in [-0.39, 0.29) is 11.8 Å². The van der Waals surface area contributed by atoms with Crippen LogP contribution in [0.15, 0.2) is 45.3 Å². The van der Waals surface area contributed by atoms with Gasteiger partial charge in [0.05, 0.1) is 13.7 Å². The van der Waals surface area contributed by atoms with Crippen LogP contribution in [0.25, 0.3) is 0 Å². The topological polar surface area (TPSA) is 51.5 Å². The Labute approximate surface area is 126 Å². The average molecular weight is 338 g/mol. The first-order valence-corrected chi connectivity index (χ1v) is 7.06. The van der Waals surface area contributed by atoms with Crippen molar-refractivity contribution < 1.29 is 13.9 Å². The van der Waals surface area contributed by atoms with Gasteiger partial charge >= 0.3 is 5.97 Å². The van der Waals surface area contributed by atoms with Gasteiger partial charge in [0.25, 0.3) is 0 Å². The number of hydrogen-bond donors (Lipinski definition) is 1. The van der Waals surface area contributed by atoms with E-state index in [1.807, 2.05) is 18.2 Å². The van der Waals surface area contributed by atoms with E-state index in [9.17, 15) is 4.79 Å². The predicted molar refractivity (Wildman–Crippen MR) is 79.4 cm³/mol. The van der Waals surface area contributed by atoms with E-state index < -0.39 is 5.97 Å². The Morgan fingerprint density at radius 1 is 1.35 bits per heavy atom. The van der Waals surface area contributed by atoms with Crippen molar-refractivity contribution in [1.29, 1.82) is 0 Å². The largest absolute Gasteiger partial charge is 0.463 e. The van der Waals surface area contributed by atoms with Gasteiger partial charge in [0.15, 0.2) is 0 Å². The molecule has 0 radical (unpaired) electrons. The number of benzene rings is 1. The summed E-state index contributed by atoms with van der Waals surface area (Å²) < 4.78 is 11.1. The van der Waals surface area contributed by atoms with Crippen LogP contribution < -0.4 is 5.32 Å². The van der Waals surface area contributed by atoms with Crippen molar-refractivity contribution in [3.8, 4) is 0 Å². The van der Waals surface area contributed by atoms with E-state index in [1.165, 1.54) is 12.7 Å². The third kappa shape index (κ3) is 3.49. The van der Waals surface area contributed by atoms with Gasteiger partial charge in [-0.15, -0.1) is 0 Å². The number of hydrogen-bond acceptors (Lipinski definition) is 4. The smallest absolute Gasteiger partial charge is 0.373 e. The molecule has 1 heterocycles. The molecule has 0 saturated heterocycles. The van der Waals surface area contributed by atoms with Crippen molar-refractivity contribution in [1.82, 2.24) is 5.32 Å². The Morgan fingerprint density at radius 2 is 2.10 bits per heavy atom. The van der Waals surface area contributed by atoms with Gasteiger partial charge in [-0.3, -0.25) is 0 Å². The Kier molecular flexibility index (Phi) is 4.98. The molecule has 106 valence electrons. The molecule has 20 heavy (non-hydrogen) atoms. The average Bonchev–Trinajstić information content (AvgIpc) is 2.93. The molecule has 0 fully saturated rings. The summed E-state index contributed by atoms with van der Waals surface area (Å²) in [6.07, 6.45) is 0. The van der Waals surface area contributed by atoms with Crippen LogP contribution in [0.5, 0.6) is 0 Å². The lowest BCUT2D eigenvalue weighted by Crippen LogP contribution is -2.18. The summed E-state index contributed by atoms with van der Waals surface area (Å²) in [4.78, 5) is 11.3. The highest BCUT2D eigenvalue weighted by Crippen LogP contribution is 2.23. The standard InChI is InChI=1S/C15H16BrNO3/c1-10(12-5-3-4-6-13(12)16)17-9-11-7-8-14(20-11)15(18)19-2/h3-8,10,17H,9H2,1-2H3/t10-/m1/s1. The van der Waals surface area contributed by atoms with E-state index in [4.69, 9.17) is 4.42 Å². The molecule has 0 bridgehead atoms. The van der Waals surface area contributed by atoms with Crippen molar-refractivity contribution in [2.45, 2.75) is 19.5 Å². The molecule has 4 nitrogen and oxygen atoms in total. The number of nitrogens with one attached hydrogen (secondary N) is 1. The highest BCUT2D eigenvalue weighted by Gasteiger charge is 2.12. The van der Waals surface area contributed by atoms with Crippen molar-refractivity contribution in [2.75, 3.05) is 7.11 Å². The molecule has 1 aromatic heterocycles. The van der Waals surface area contributed by atoms with Crippen LogP contribution in [0.2, 0.25) is 0 Å². The molecule has 0 aliphatic heterocycles. The minimum atomic E-state index is -0.463. The monoisotopic (exact) mass is 337 g/mol. The van der Waals surface area contributed by atoms with E-state index in [0.29, 0.717) is 12.3 Å². The number of halogens is 1. The van der Waals surface area contributed by atoms with Crippen LogP contribution in [-0.4, -0.2) is 13.1 Å². The molecular weight excluding hydrogens is 322 g/mol. The fraction of sp³-hybridized carbons (Fsp3) is 0.267. The lowest BCUT2D eigenvalue weighted by Gasteiger charge is -2.14. The van der Waals surface area contributed by atoms with Crippen molar-refractivity contribution >= 4 is 21.9 Å². The second kappa shape index (κ2) is 6.72. The number of rotatable bonds is 5. The zero-order valence-electron chi connectivity index (χ0n) is 11.4. The maximum atomic E-state index is 11.3. The van der Waals surface area contributed by atoms with Crippen molar-refractivity contribution in [3.63, 3.8) is 0 Å². The van der Waals surface area contributed by atoms with Gasteiger partial charge < -0.3 is 14.5 Å². The minimum Gasteiger partial charge on any atom is -0.463 e. The Hall–Kier alpha value is -1.59. The van der Waals surface area contributed by atoms with Gasteiger partial charge in [-0.05, 0) is 30.7 Å². The highest BCUT2D eigenvalue weighted by molar-refractivity contribution is 9.10. The number of esters is 1. The van der Waals surface area contributed by atoms with Gasteiger partial charge in [0, 0.05) is 10.5 Å². The van der Waals surface area contributed by atoms with E-state index in [0.717, 1.165) is 4.47 Å². The van der Waals surface area contributed by atoms with Crippen molar-refractivity contribution in [3.05, 3.63) is 58.0 Å². The number of carbonyl (C=O) groups excluding carboxylic acids is 1. The SMILES string of the molecule is COC(=O)c1ccc(CN[C@H](C)c2ccccc2Br)o1. The first kappa shape index (κ1) is 14.8. The first-order chi connectivity index (χ1) is 9.61. The molecule has 1 aromatic carbocycles. The van der Waals surface area contributed by atoms with Gasteiger partial charge in [0.1, 0.15) is 5.76 Å². The summed E-state index contributed by atoms with van der Waals surface area (Å²) in [6, 6.07) is 11.6. The fourth-order valence-corrected chi connectivity index (χ4v) is 2.50. The predicted octanol–water partition coefficient (Wildman–Crippen LogP) is 3.68. The van der Waals surface area contributed by atoms with Gasteiger partial charge in [-0.25, -0.2) is 4.79 Å². The van der Waals surface area contributed by atoms with Gasteiger partial charge in [-0.2, -0.15) is 0 Å². The van der Waals surface area contributed by atoms with Crippen LogP contribution in [0.1, 0.15) is 34.8 Å². The number of carbonyl (C=O) groups is 1. The summed E-state index contributed by atoms with van der Waals surface area (Å²) >= 11 is 3.53. The summed E-state index contributed by atoms with van der Waals surface area (Å²) in [6.45, 7) is 2.61. The summed E-state index contributed by atoms with van der Waals surface area (Å²) in [5.74, 6) is 0.456. The van der Waals surface area contributed by atoms with Crippen LogP contribution in [0, 0.1) is 0 Å². The van der Waals surface area contributed by atoms with E-state index >= 15 is 0 Å². The third-order valence-electron chi connectivity index (χ3n) is 3.00. The summed E-state index contributed by atoms with van der Waals surface area (Å²) in [5, 5.41) is 3.35. The molecular formula is C15H16BrNO3. The second-order valence-electron chi connectivity index (χ2n) is 4.38. The molecule has 0 amide bonds. The summed E-state index contributed by atoms with van der Waals surface area (Å²) in [7, 11) is 1.33. The highest BCUT2D eigenvalue weighted by atomic mass is 79.9. The molecule has 0 saturated carbocycles. The third-order valence-corrected chi connectivity index (χ3v) is 3.72. The lowest BCUT2D eigenvalue weighted by molar-refractivity contribution is 0.0563. The van der Waals surface area contributed by atoms with Crippen LogP contribution >= 0.6 is 15.9 Å². The maximum absolute atomic E-state index is 11.3. The lowest BCUT2D eigenvalue weighted by atomic mass is 10.1. The van der Waals surface area contributed by atoms with Crippen molar-refractivity contribution in [2.24, 2.45) is 0 Å². The van der Waals surface area contributed by atoms with Gasteiger partial charge in [-0.1, -0.05) is 34.1 Å². The zero-order valence-corrected chi connectivity index (χ0v) is 12.9. The molecule has 1 atom stereocenters. The number of methoxy groups -OCH3 is 1. The first-order valence-electron chi connectivity index (χ1n) is 6.26. The number of furan rings is 1. The molecule has 0 aliphatic carbocycles. The Morgan fingerprint density at radius 3 is 2.80 bits per heavy atom. The molecule has 0 unspecified atom stereocenters. The summed E-state index contributed by atoms with van der Waals surface area (Å²) in [5.41, 5.74) is 1.17. The molecule has 0 aliphatic rings. The van der Waals surface area contributed by atoms with Gasteiger partial charge in [0.2, 0.25) is 5.76 Å². The second-order valence-corrected chi connectivity index (χ2v) is 5.24. The molecule has 0 spiro atoms. The maximum Gasteiger partial charge on any atom is 0.373 e. The van der Waals surface area contributed by atoms with E-state index in [1.54, 1.807) is 12.1 Å². The van der Waals surface area contributed by atoms with E-state index in [2.05, 4.69) is 39.0 Å². The fourth-order valence-electron chi connectivity index (χ4n) is 1.87.